The Labute approximate surface area is 122 Å². The number of piperidine rings is 1. The maximum Gasteiger partial charge on any atom is 0.317 e. The third kappa shape index (κ3) is 3.69. The largest absolute Gasteiger partial charge is 0.391 e. The lowest BCUT2D eigenvalue weighted by Gasteiger charge is -2.34. The van der Waals surface area contributed by atoms with Gasteiger partial charge in [0, 0.05) is 24.7 Å². The van der Waals surface area contributed by atoms with Gasteiger partial charge in [-0.3, -0.25) is 10.1 Å². The molecule has 21 heavy (non-hydrogen) atoms. The molecule has 2 rings (SSSR count). The molecule has 0 aromatic heterocycles. The van der Waals surface area contributed by atoms with E-state index in [-0.39, 0.29) is 24.2 Å². The Kier molecular flexibility index (Phi) is 4.74. The van der Waals surface area contributed by atoms with Gasteiger partial charge >= 0.3 is 6.03 Å². The van der Waals surface area contributed by atoms with Crippen LogP contribution in [0.5, 0.6) is 0 Å². The molecule has 114 valence electrons. The van der Waals surface area contributed by atoms with Crippen molar-refractivity contribution in [2.75, 3.05) is 13.1 Å². The molecule has 2 atom stereocenters. The van der Waals surface area contributed by atoms with E-state index in [1.807, 2.05) is 6.92 Å². The zero-order chi connectivity index (χ0) is 15.4. The second-order valence-electron chi connectivity index (χ2n) is 5.32. The Hall–Kier alpha value is -2.15. The minimum atomic E-state index is -0.518. The molecule has 1 aromatic rings. The second kappa shape index (κ2) is 6.53. The number of nitrogens with zero attached hydrogens (tertiary/aromatic N) is 2. The van der Waals surface area contributed by atoms with Crippen molar-refractivity contribution in [3.05, 3.63) is 39.9 Å². The minimum absolute atomic E-state index is 0.00917. The van der Waals surface area contributed by atoms with E-state index in [1.54, 1.807) is 23.1 Å². The zero-order valence-corrected chi connectivity index (χ0v) is 11.9. The van der Waals surface area contributed by atoms with E-state index < -0.39 is 11.0 Å². The standard InChI is InChI=1S/C14H19N3O4/c1-10-6-7-16(9-13(10)18)14(19)15-8-11-4-2-3-5-12(11)17(20)21/h2-5,10,13,18H,6-9H2,1H3,(H,15,19). The smallest absolute Gasteiger partial charge is 0.317 e. The van der Waals surface area contributed by atoms with Crippen LogP contribution >= 0.6 is 0 Å². The highest BCUT2D eigenvalue weighted by molar-refractivity contribution is 5.74. The summed E-state index contributed by atoms with van der Waals surface area (Å²) >= 11 is 0. The number of carbonyl (C=O) groups excluding carboxylic acids is 1. The summed E-state index contributed by atoms with van der Waals surface area (Å²) in [4.78, 5) is 24.0. The molecular weight excluding hydrogens is 274 g/mol. The minimum Gasteiger partial charge on any atom is -0.391 e. The predicted molar refractivity (Wildman–Crippen MR) is 76.7 cm³/mol. The maximum absolute atomic E-state index is 12.0. The highest BCUT2D eigenvalue weighted by Crippen LogP contribution is 2.19. The lowest BCUT2D eigenvalue weighted by Crippen LogP contribution is -2.49. The first-order valence-corrected chi connectivity index (χ1v) is 6.92. The van der Waals surface area contributed by atoms with Crippen LogP contribution in [0.2, 0.25) is 0 Å². The summed E-state index contributed by atoms with van der Waals surface area (Å²) in [6.45, 7) is 2.93. The van der Waals surface area contributed by atoms with Crippen molar-refractivity contribution in [3.8, 4) is 0 Å². The fourth-order valence-corrected chi connectivity index (χ4v) is 2.35. The predicted octanol–water partition coefficient (Wildman–Crippen LogP) is 1.51. The van der Waals surface area contributed by atoms with Crippen molar-refractivity contribution < 1.29 is 14.8 Å². The first-order chi connectivity index (χ1) is 9.99. The number of nitrogens with one attached hydrogen (secondary N) is 1. The van der Waals surface area contributed by atoms with Crippen LogP contribution in [-0.2, 0) is 6.54 Å². The first kappa shape index (κ1) is 15.2. The molecule has 0 bridgehead atoms. The molecule has 1 fully saturated rings. The number of amides is 2. The third-order valence-corrected chi connectivity index (χ3v) is 3.82. The van der Waals surface area contributed by atoms with Crippen LogP contribution in [-0.4, -0.2) is 40.2 Å². The summed E-state index contributed by atoms with van der Waals surface area (Å²) in [5.41, 5.74) is 0.451. The number of β-amino-alcohol motifs (C(OH)–C–C–N with tert-alkyl or cyclic N) is 1. The number of aliphatic hydroxyl groups is 1. The zero-order valence-electron chi connectivity index (χ0n) is 11.9. The number of benzene rings is 1. The van der Waals surface area contributed by atoms with Gasteiger partial charge in [0.1, 0.15) is 0 Å². The molecule has 0 radical (unpaired) electrons. The molecule has 7 nitrogen and oxygen atoms in total. The lowest BCUT2D eigenvalue weighted by atomic mass is 9.96. The molecule has 0 spiro atoms. The van der Waals surface area contributed by atoms with Gasteiger partial charge in [0.05, 0.1) is 17.6 Å². The fourth-order valence-electron chi connectivity index (χ4n) is 2.35. The SMILES string of the molecule is CC1CCN(C(=O)NCc2ccccc2[N+](=O)[O-])CC1O. The lowest BCUT2D eigenvalue weighted by molar-refractivity contribution is -0.385. The van der Waals surface area contributed by atoms with Crippen LogP contribution in [0.1, 0.15) is 18.9 Å². The average molecular weight is 293 g/mol. The maximum atomic E-state index is 12.0. The van der Waals surface area contributed by atoms with Gasteiger partial charge in [-0.15, -0.1) is 0 Å². The summed E-state index contributed by atoms with van der Waals surface area (Å²) in [6.07, 6.45) is 0.232. The molecule has 7 heteroatoms. The van der Waals surface area contributed by atoms with E-state index in [2.05, 4.69) is 5.32 Å². The van der Waals surface area contributed by atoms with Crippen molar-refractivity contribution in [2.24, 2.45) is 5.92 Å². The normalized spacial score (nSPS) is 21.9. The molecule has 1 aliphatic rings. The van der Waals surface area contributed by atoms with Crippen LogP contribution in [0.4, 0.5) is 10.5 Å². The number of hydrogen-bond acceptors (Lipinski definition) is 4. The van der Waals surface area contributed by atoms with Gasteiger partial charge in [0.15, 0.2) is 0 Å². The van der Waals surface area contributed by atoms with Crippen LogP contribution < -0.4 is 5.32 Å². The molecule has 2 unspecified atom stereocenters. The van der Waals surface area contributed by atoms with Gasteiger partial charge in [0.25, 0.3) is 5.69 Å². The van der Waals surface area contributed by atoms with Gasteiger partial charge in [-0.2, -0.15) is 0 Å². The van der Waals surface area contributed by atoms with Crippen molar-refractivity contribution in [2.45, 2.75) is 26.0 Å². The Morgan fingerprint density at radius 3 is 2.90 bits per heavy atom. The summed E-state index contributed by atoms with van der Waals surface area (Å²) in [5.74, 6) is 0.185. The molecular formula is C14H19N3O4. The number of rotatable bonds is 3. The molecule has 1 aromatic carbocycles. The number of likely N-dealkylation sites (tertiary alicyclic amines) is 1. The van der Waals surface area contributed by atoms with Gasteiger partial charge < -0.3 is 15.3 Å². The number of carbonyl (C=O) groups is 1. The van der Waals surface area contributed by atoms with Crippen LogP contribution in [0.3, 0.4) is 0 Å². The molecule has 1 saturated heterocycles. The first-order valence-electron chi connectivity index (χ1n) is 6.92. The average Bonchev–Trinajstić information content (AvgIpc) is 2.47. The second-order valence-corrected chi connectivity index (χ2v) is 5.32. The summed E-state index contributed by atoms with van der Waals surface area (Å²) in [7, 11) is 0. The summed E-state index contributed by atoms with van der Waals surface area (Å²) in [5, 5.41) is 23.4. The number of aliphatic hydroxyl groups excluding tert-OH is 1. The molecule has 0 aliphatic carbocycles. The highest BCUT2D eigenvalue weighted by Gasteiger charge is 2.27. The van der Waals surface area contributed by atoms with Crippen LogP contribution in [0, 0.1) is 16.0 Å². The third-order valence-electron chi connectivity index (χ3n) is 3.82. The summed E-state index contributed by atoms with van der Waals surface area (Å²) < 4.78 is 0. The molecule has 2 amide bonds. The number of urea groups is 1. The van der Waals surface area contributed by atoms with Gasteiger partial charge in [-0.1, -0.05) is 25.1 Å². The number of hydrogen-bond donors (Lipinski definition) is 2. The van der Waals surface area contributed by atoms with Crippen molar-refractivity contribution in [3.63, 3.8) is 0 Å². The quantitative estimate of drug-likeness (QED) is 0.652. The molecule has 1 heterocycles. The van der Waals surface area contributed by atoms with Crippen molar-refractivity contribution in [1.82, 2.24) is 10.2 Å². The van der Waals surface area contributed by atoms with E-state index >= 15 is 0 Å². The number of para-hydroxylation sites is 1. The van der Waals surface area contributed by atoms with Gasteiger partial charge in [0.2, 0.25) is 0 Å². The van der Waals surface area contributed by atoms with E-state index in [4.69, 9.17) is 0 Å². The number of nitro groups is 1. The molecule has 2 N–H and O–H groups in total. The van der Waals surface area contributed by atoms with Crippen LogP contribution in [0.15, 0.2) is 24.3 Å². The van der Waals surface area contributed by atoms with Crippen molar-refractivity contribution in [1.29, 1.82) is 0 Å². The van der Waals surface area contributed by atoms with Gasteiger partial charge in [-0.05, 0) is 12.3 Å². The fraction of sp³-hybridized carbons (Fsp3) is 0.500. The van der Waals surface area contributed by atoms with Crippen molar-refractivity contribution >= 4 is 11.7 Å². The Bertz CT molecular complexity index is 535. The highest BCUT2D eigenvalue weighted by atomic mass is 16.6. The van der Waals surface area contributed by atoms with E-state index in [1.165, 1.54) is 6.07 Å². The topological polar surface area (TPSA) is 95.7 Å². The molecule has 0 saturated carbocycles. The van der Waals surface area contributed by atoms with Crippen LogP contribution in [0.25, 0.3) is 0 Å². The number of nitro benzene ring substituents is 1. The van der Waals surface area contributed by atoms with E-state index in [0.29, 0.717) is 18.7 Å². The Morgan fingerprint density at radius 1 is 1.52 bits per heavy atom. The van der Waals surface area contributed by atoms with E-state index in [9.17, 15) is 20.0 Å². The Balaban J connectivity index is 1.94. The molecule has 1 aliphatic heterocycles. The Morgan fingerprint density at radius 2 is 2.24 bits per heavy atom. The van der Waals surface area contributed by atoms with Gasteiger partial charge in [-0.25, -0.2) is 4.79 Å². The monoisotopic (exact) mass is 293 g/mol. The van der Waals surface area contributed by atoms with E-state index in [0.717, 1.165) is 6.42 Å². The summed E-state index contributed by atoms with van der Waals surface area (Å²) in [6, 6.07) is 6.01.